The summed E-state index contributed by atoms with van der Waals surface area (Å²) in [6, 6.07) is 25.8. The number of aromatic amines is 1. The average molecular weight is 593 g/mol. The number of amides is 3. The van der Waals surface area contributed by atoms with Gasteiger partial charge in [0.15, 0.2) is 0 Å². The van der Waals surface area contributed by atoms with Crippen molar-refractivity contribution in [1.82, 2.24) is 25.0 Å². The number of nitrogens with one attached hydrogen (secondary N) is 3. The lowest BCUT2D eigenvalue weighted by Crippen LogP contribution is -2.53. The molecule has 0 unspecified atom stereocenters. The van der Waals surface area contributed by atoms with E-state index < -0.39 is 6.04 Å². The number of carbonyl (C=O) groups is 2. The number of hydrogen-bond donors (Lipinski definition) is 3. The number of piperazine rings is 1. The molecule has 230 valence electrons. The molecule has 8 heteroatoms. The van der Waals surface area contributed by atoms with E-state index in [0.717, 1.165) is 67.7 Å². The largest absolute Gasteiger partial charge is 0.361 e. The summed E-state index contributed by atoms with van der Waals surface area (Å²) in [7, 11) is 2.16. The van der Waals surface area contributed by atoms with Crippen molar-refractivity contribution in [1.29, 1.82) is 0 Å². The van der Waals surface area contributed by atoms with Crippen LogP contribution in [0.2, 0.25) is 0 Å². The molecule has 3 aromatic carbocycles. The van der Waals surface area contributed by atoms with E-state index in [1.807, 2.05) is 54.4 Å². The van der Waals surface area contributed by atoms with Gasteiger partial charge in [-0.1, -0.05) is 67.6 Å². The number of H-pyrrole nitrogens is 1. The van der Waals surface area contributed by atoms with Crippen molar-refractivity contribution in [3.05, 3.63) is 102 Å². The van der Waals surface area contributed by atoms with Gasteiger partial charge >= 0.3 is 6.03 Å². The number of nitrogens with zero attached hydrogens (tertiary/aromatic N) is 3. The molecule has 0 spiro atoms. The second-order valence-electron chi connectivity index (χ2n) is 12.4. The second kappa shape index (κ2) is 13.7. The molecular weight excluding hydrogens is 548 g/mol. The predicted molar refractivity (Wildman–Crippen MR) is 177 cm³/mol. The summed E-state index contributed by atoms with van der Waals surface area (Å²) in [5, 5.41) is 7.35. The lowest BCUT2D eigenvalue weighted by atomic mass is 9.89. The molecule has 1 aromatic heterocycles. The third kappa shape index (κ3) is 6.98. The Morgan fingerprint density at radius 1 is 0.886 bits per heavy atom. The molecule has 2 aliphatic rings. The Labute approximate surface area is 260 Å². The van der Waals surface area contributed by atoms with Crippen LogP contribution in [0.3, 0.4) is 0 Å². The third-order valence-corrected chi connectivity index (χ3v) is 9.42. The van der Waals surface area contributed by atoms with E-state index in [0.29, 0.717) is 19.0 Å². The molecule has 3 N–H and O–H groups in total. The van der Waals surface area contributed by atoms with Gasteiger partial charge in [0.05, 0.1) is 0 Å². The molecule has 0 saturated carbocycles. The lowest BCUT2D eigenvalue weighted by molar-refractivity contribution is -0.118. The van der Waals surface area contributed by atoms with Crippen LogP contribution in [-0.2, 0) is 11.3 Å². The number of benzene rings is 3. The van der Waals surface area contributed by atoms with Crippen molar-refractivity contribution in [3.63, 3.8) is 0 Å². The zero-order chi connectivity index (χ0) is 30.5. The first kappa shape index (κ1) is 29.9. The zero-order valence-electron chi connectivity index (χ0n) is 25.8. The zero-order valence-corrected chi connectivity index (χ0v) is 25.8. The minimum Gasteiger partial charge on any atom is -0.361 e. The summed E-state index contributed by atoms with van der Waals surface area (Å²) >= 11 is 0. The van der Waals surface area contributed by atoms with E-state index in [2.05, 4.69) is 74.9 Å². The summed E-state index contributed by atoms with van der Waals surface area (Å²) in [6.45, 7) is 8.39. The molecule has 0 radical (unpaired) electrons. The molecule has 2 saturated heterocycles. The topological polar surface area (TPSA) is 83.7 Å². The van der Waals surface area contributed by atoms with Gasteiger partial charge in [-0.15, -0.1) is 0 Å². The highest BCUT2D eigenvalue weighted by molar-refractivity contribution is 5.98. The minimum atomic E-state index is -0.755. The monoisotopic (exact) mass is 592 g/mol. The van der Waals surface area contributed by atoms with Gasteiger partial charge in [-0.05, 0) is 60.7 Å². The van der Waals surface area contributed by atoms with Crippen LogP contribution in [0.4, 0.5) is 10.5 Å². The van der Waals surface area contributed by atoms with E-state index in [-0.39, 0.29) is 17.9 Å². The second-order valence-corrected chi connectivity index (χ2v) is 12.4. The molecule has 3 heterocycles. The highest BCUT2D eigenvalue weighted by atomic mass is 16.2. The minimum absolute atomic E-state index is 0.188. The van der Waals surface area contributed by atoms with Crippen molar-refractivity contribution in [2.75, 3.05) is 51.6 Å². The summed E-state index contributed by atoms with van der Waals surface area (Å²) in [6.07, 6.45) is 3.78. The first-order valence-corrected chi connectivity index (χ1v) is 15.9. The average Bonchev–Trinajstić information content (AvgIpc) is 3.49. The molecule has 8 nitrogen and oxygen atoms in total. The van der Waals surface area contributed by atoms with Crippen molar-refractivity contribution >= 4 is 28.5 Å². The standard InChI is InChI=1S/C36H44N6O2/c1-26(32-24-37-33-14-7-6-13-31(32)33)34(39-36(44)42-17-15-29(16-18-42)28-10-4-3-5-11-28)35(43)38-30-12-8-9-27(23-30)25-41-21-19-40(2)20-22-41/h3-14,23-24,26,29,34,37H,15-22,25H2,1-2H3,(H,38,43)(H,39,44)/t26-,34+/m0/s1. The van der Waals surface area contributed by atoms with Crippen LogP contribution in [0.5, 0.6) is 0 Å². The van der Waals surface area contributed by atoms with Crippen molar-refractivity contribution < 1.29 is 9.59 Å². The van der Waals surface area contributed by atoms with Gasteiger partial charge in [0, 0.05) is 74.5 Å². The van der Waals surface area contributed by atoms with E-state index in [1.54, 1.807) is 0 Å². The number of likely N-dealkylation sites (tertiary alicyclic amines) is 1. The van der Waals surface area contributed by atoms with Gasteiger partial charge in [0.2, 0.25) is 5.91 Å². The van der Waals surface area contributed by atoms with E-state index in [1.165, 1.54) is 11.1 Å². The predicted octanol–water partition coefficient (Wildman–Crippen LogP) is 5.62. The fourth-order valence-electron chi connectivity index (χ4n) is 6.66. The number of para-hydroxylation sites is 1. The van der Waals surface area contributed by atoms with Crippen LogP contribution < -0.4 is 10.6 Å². The van der Waals surface area contributed by atoms with Gasteiger partial charge in [0.25, 0.3) is 0 Å². The van der Waals surface area contributed by atoms with Gasteiger partial charge < -0.3 is 25.4 Å². The van der Waals surface area contributed by atoms with E-state index >= 15 is 0 Å². The molecule has 2 aliphatic heterocycles. The van der Waals surface area contributed by atoms with Crippen LogP contribution in [-0.4, -0.2) is 84.0 Å². The molecule has 6 rings (SSSR count). The summed E-state index contributed by atoms with van der Waals surface area (Å²) in [4.78, 5) is 37.7. The quantitative estimate of drug-likeness (QED) is 0.248. The fourth-order valence-corrected chi connectivity index (χ4v) is 6.66. The van der Waals surface area contributed by atoms with Crippen LogP contribution in [0, 0.1) is 0 Å². The van der Waals surface area contributed by atoms with Gasteiger partial charge in [-0.3, -0.25) is 9.69 Å². The van der Waals surface area contributed by atoms with Crippen molar-refractivity contribution in [2.24, 2.45) is 0 Å². The van der Waals surface area contributed by atoms with Gasteiger partial charge in [-0.2, -0.15) is 0 Å². The van der Waals surface area contributed by atoms with Crippen LogP contribution >= 0.6 is 0 Å². The maximum atomic E-state index is 14.0. The van der Waals surface area contributed by atoms with Crippen LogP contribution in [0.25, 0.3) is 10.9 Å². The Bertz CT molecular complexity index is 1550. The molecular formula is C36H44N6O2. The first-order valence-electron chi connectivity index (χ1n) is 15.9. The molecule has 4 aromatic rings. The Balaban J connectivity index is 1.17. The molecule has 0 bridgehead atoms. The molecule has 3 amide bonds. The van der Waals surface area contributed by atoms with Crippen molar-refractivity contribution in [2.45, 2.75) is 44.2 Å². The van der Waals surface area contributed by atoms with Crippen LogP contribution in [0.1, 0.15) is 48.3 Å². The number of piperidine rings is 1. The van der Waals surface area contributed by atoms with Gasteiger partial charge in [-0.25, -0.2) is 4.79 Å². The normalized spacial score (nSPS) is 18.2. The Morgan fingerprint density at radius 3 is 2.39 bits per heavy atom. The third-order valence-electron chi connectivity index (χ3n) is 9.42. The van der Waals surface area contributed by atoms with E-state index in [4.69, 9.17) is 0 Å². The Hall–Kier alpha value is -4.14. The first-order chi connectivity index (χ1) is 21.4. The molecule has 0 aliphatic carbocycles. The molecule has 44 heavy (non-hydrogen) atoms. The number of urea groups is 1. The SMILES string of the molecule is C[C@@H](c1c[nH]c2ccccc12)[C@@H](NC(=O)N1CCC(c2ccccc2)CC1)C(=O)Nc1cccc(CN2CCN(C)CC2)c1. The summed E-state index contributed by atoms with van der Waals surface area (Å²) < 4.78 is 0. The number of aromatic nitrogens is 1. The maximum Gasteiger partial charge on any atom is 0.318 e. The molecule has 2 atom stereocenters. The van der Waals surface area contributed by atoms with Crippen LogP contribution in [0.15, 0.2) is 85.1 Å². The summed E-state index contributed by atoms with van der Waals surface area (Å²) in [5.41, 5.74) is 5.26. The number of anilines is 1. The lowest BCUT2D eigenvalue weighted by Gasteiger charge is -2.34. The number of hydrogen-bond acceptors (Lipinski definition) is 4. The highest BCUT2D eigenvalue weighted by Crippen LogP contribution is 2.30. The maximum absolute atomic E-state index is 14.0. The number of fused-ring (bicyclic) bond motifs is 1. The smallest absolute Gasteiger partial charge is 0.318 e. The highest BCUT2D eigenvalue weighted by Gasteiger charge is 2.32. The van der Waals surface area contributed by atoms with E-state index in [9.17, 15) is 9.59 Å². The number of rotatable bonds is 8. The Kier molecular flexibility index (Phi) is 9.28. The molecule has 2 fully saturated rings. The van der Waals surface area contributed by atoms with Gasteiger partial charge in [0.1, 0.15) is 6.04 Å². The number of carbonyl (C=O) groups excluding carboxylic acids is 2. The van der Waals surface area contributed by atoms with Crippen molar-refractivity contribution in [3.8, 4) is 0 Å². The Morgan fingerprint density at radius 2 is 1.61 bits per heavy atom. The summed E-state index contributed by atoms with van der Waals surface area (Å²) in [5.74, 6) is -0.0276. The fraction of sp³-hybridized carbons (Fsp3) is 0.389. The number of likely N-dealkylation sites (N-methyl/N-ethyl adjacent to an activating group) is 1.